The zero-order valence-corrected chi connectivity index (χ0v) is 8.47. The van der Waals surface area contributed by atoms with Gasteiger partial charge in [-0.3, -0.25) is 10.1 Å². The second kappa shape index (κ2) is 3.97. The van der Waals surface area contributed by atoms with Crippen LogP contribution in [0.15, 0.2) is 18.3 Å². The maximum absolute atomic E-state index is 11.0. The third-order valence-electron chi connectivity index (χ3n) is 1.93. The summed E-state index contributed by atoms with van der Waals surface area (Å²) in [6.07, 6.45) is 2.17. The zero-order chi connectivity index (χ0) is 11.5. The van der Waals surface area contributed by atoms with Crippen molar-refractivity contribution in [3.63, 3.8) is 0 Å². The monoisotopic (exact) mass is 219 g/mol. The first-order valence-corrected chi connectivity index (χ1v) is 4.53. The van der Waals surface area contributed by atoms with Gasteiger partial charge in [-0.1, -0.05) is 0 Å². The summed E-state index contributed by atoms with van der Waals surface area (Å²) < 4.78 is 1.43. The molecule has 0 saturated carbocycles. The van der Waals surface area contributed by atoms with Crippen molar-refractivity contribution in [1.82, 2.24) is 19.9 Å². The van der Waals surface area contributed by atoms with E-state index >= 15 is 0 Å². The Hall–Kier alpha value is -2.44. The minimum Gasteiger partial charge on any atom is -0.341 e. The van der Waals surface area contributed by atoms with Crippen LogP contribution in [-0.2, 0) is 0 Å². The van der Waals surface area contributed by atoms with Crippen LogP contribution in [0.4, 0.5) is 10.6 Å². The van der Waals surface area contributed by atoms with E-state index < -0.39 is 0 Å². The average molecular weight is 219 g/mol. The van der Waals surface area contributed by atoms with E-state index in [-0.39, 0.29) is 6.03 Å². The molecule has 2 amide bonds. The molecule has 2 aromatic heterocycles. The number of aromatic nitrogens is 3. The van der Waals surface area contributed by atoms with Gasteiger partial charge in [0.15, 0.2) is 17.8 Å². The van der Waals surface area contributed by atoms with Crippen molar-refractivity contribution < 1.29 is 9.59 Å². The highest BCUT2D eigenvalue weighted by Crippen LogP contribution is 2.08. The molecule has 0 aliphatic rings. The molecule has 0 spiro atoms. The van der Waals surface area contributed by atoms with E-state index in [0.717, 1.165) is 0 Å². The van der Waals surface area contributed by atoms with Gasteiger partial charge in [0.2, 0.25) is 0 Å². The Bertz CT molecular complexity index is 548. The Labute approximate surface area is 90.5 Å². The third-order valence-corrected chi connectivity index (χ3v) is 1.93. The van der Waals surface area contributed by atoms with Gasteiger partial charge in [0, 0.05) is 7.05 Å². The fraction of sp³-hybridized carbons (Fsp3) is 0.111. The number of carbonyl (C=O) groups excluding carboxylic acids is 2. The Morgan fingerprint density at radius 3 is 3.00 bits per heavy atom. The number of nitrogens with zero attached hydrogens (tertiary/aromatic N) is 3. The summed E-state index contributed by atoms with van der Waals surface area (Å²) in [6.45, 7) is 0. The van der Waals surface area contributed by atoms with Crippen molar-refractivity contribution in [2.75, 3.05) is 12.4 Å². The summed E-state index contributed by atoms with van der Waals surface area (Å²) >= 11 is 0. The van der Waals surface area contributed by atoms with Crippen LogP contribution in [0.2, 0.25) is 0 Å². The maximum Gasteiger partial charge on any atom is 0.320 e. The fourth-order valence-electron chi connectivity index (χ4n) is 1.20. The molecule has 7 heteroatoms. The summed E-state index contributed by atoms with van der Waals surface area (Å²) in [5.41, 5.74) is 0.855. The van der Waals surface area contributed by atoms with E-state index in [2.05, 4.69) is 20.7 Å². The number of hydrogen-bond acceptors (Lipinski definition) is 4. The number of amides is 2. The molecule has 0 bridgehead atoms. The normalized spacial score (nSPS) is 10.1. The quantitative estimate of drug-likeness (QED) is 0.710. The summed E-state index contributed by atoms with van der Waals surface area (Å²) in [4.78, 5) is 25.6. The van der Waals surface area contributed by atoms with Gasteiger partial charge in [-0.25, -0.2) is 14.3 Å². The highest BCUT2D eigenvalue weighted by Gasteiger charge is 2.05. The Morgan fingerprint density at radius 2 is 2.31 bits per heavy atom. The number of nitrogens with one attached hydrogen (secondary N) is 2. The molecule has 0 saturated heterocycles. The lowest BCUT2D eigenvalue weighted by atomic mass is 10.4. The summed E-state index contributed by atoms with van der Waals surface area (Å²) in [5, 5.41) is 8.87. The lowest BCUT2D eigenvalue weighted by Crippen LogP contribution is -2.24. The van der Waals surface area contributed by atoms with E-state index in [1.165, 1.54) is 17.8 Å². The molecule has 0 fully saturated rings. The molecular weight excluding hydrogens is 210 g/mol. The second-order valence-electron chi connectivity index (χ2n) is 3.01. The van der Waals surface area contributed by atoms with Crippen LogP contribution in [0.3, 0.4) is 0 Å². The third kappa shape index (κ3) is 1.83. The second-order valence-corrected chi connectivity index (χ2v) is 3.01. The van der Waals surface area contributed by atoms with Crippen molar-refractivity contribution in [2.45, 2.75) is 0 Å². The molecule has 0 radical (unpaired) electrons. The molecule has 16 heavy (non-hydrogen) atoms. The first kappa shape index (κ1) is 10.1. The van der Waals surface area contributed by atoms with E-state index in [4.69, 9.17) is 0 Å². The standard InChI is InChI=1S/C9H9N5O2/c1-10-9(16)12-7-4-14-8(11-7)3-2-6(5-15)13-14/h2-5H,1H3,(H2,10,12,16). The molecule has 0 aromatic carbocycles. The van der Waals surface area contributed by atoms with E-state index in [9.17, 15) is 9.59 Å². The molecule has 0 aliphatic heterocycles. The topological polar surface area (TPSA) is 88.4 Å². The number of anilines is 1. The number of fused-ring (bicyclic) bond motifs is 1. The van der Waals surface area contributed by atoms with Gasteiger partial charge in [-0.15, -0.1) is 0 Å². The maximum atomic E-state index is 11.0. The van der Waals surface area contributed by atoms with Gasteiger partial charge < -0.3 is 5.32 Å². The highest BCUT2D eigenvalue weighted by atomic mass is 16.2. The van der Waals surface area contributed by atoms with E-state index in [0.29, 0.717) is 23.4 Å². The van der Waals surface area contributed by atoms with Crippen LogP contribution in [0.1, 0.15) is 10.5 Å². The SMILES string of the molecule is CNC(=O)Nc1cn2nc(C=O)ccc2n1. The molecule has 0 unspecified atom stereocenters. The van der Waals surface area contributed by atoms with Crippen LogP contribution < -0.4 is 10.6 Å². The molecule has 7 nitrogen and oxygen atoms in total. The predicted octanol–water partition coefficient (Wildman–Crippen LogP) is 0.293. The number of aldehydes is 1. The fourth-order valence-corrected chi connectivity index (χ4v) is 1.20. The molecule has 2 rings (SSSR count). The first-order chi connectivity index (χ1) is 7.72. The Kier molecular flexibility index (Phi) is 2.50. The van der Waals surface area contributed by atoms with Crippen molar-refractivity contribution >= 4 is 23.8 Å². The number of carbonyl (C=O) groups is 2. The molecule has 2 aromatic rings. The predicted molar refractivity (Wildman–Crippen MR) is 56.5 cm³/mol. The van der Waals surface area contributed by atoms with Gasteiger partial charge in [0.1, 0.15) is 5.69 Å². The van der Waals surface area contributed by atoms with Crippen molar-refractivity contribution in [1.29, 1.82) is 0 Å². The van der Waals surface area contributed by atoms with Gasteiger partial charge in [-0.05, 0) is 12.1 Å². The highest BCUT2D eigenvalue weighted by molar-refractivity contribution is 5.88. The Morgan fingerprint density at radius 1 is 1.50 bits per heavy atom. The van der Waals surface area contributed by atoms with E-state index in [1.807, 2.05) is 0 Å². The van der Waals surface area contributed by atoms with Crippen molar-refractivity contribution in [3.05, 3.63) is 24.0 Å². The molecular formula is C9H9N5O2. The minimum atomic E-state index is -0.362. The Balaban J connectivity index is 2.36. The van der Waals surface area contributed by atoms with Crippen LogP contribution >= 0.6 is 0 Å². The van der Waals surface area contributed by atoms with Gasteiger partial charge in [0.25, 0.3) is 0 Å². The smallest absolute Gasteiger partial charge is 0.320 e. The molecule has 0 aliphatic carbocycles. The summed E-state index contributed by atoms with van der Waals surface area (Å²) in [5.74, 6) is 0.370. The number of imidazole rings is 1. The summed E-state index contributed by atoms with van der Waals surface area (Å²) in [6, 6.07) is 2.84. The van der Waals surface area contributed by atoms with Crippen molar-refractivity contribution in [2.24, 2.45) is 0 Å². The number of urea groups is 1. The van der Waals surface area contributed by atoms with Crippen LogP contribution in [-0.4, -0.2) is 34.0 Å². The molecule has 2 heterocycles. The van der Waals surface area contributed by atoms with Crippen LogP contribution in [0.25, 0.3) is 5.65 Å². The van der Waals surface area contributed by atoms with Crippen LogP contribution in [0, 0.1) is 0 Å². The lowest BCUT2D eigenvalue weighted by molar-refractivity contribution is 0.111. The molecule has 82 valence electrons. The molecule has 2 N–H and O–H groups in total. The number of rotatable bonds is 2. The summed E-state index contributed by atoms with van der Waals surface area (Å²) in [7, 11) is 1.51. The van der Waals surface area contributed by atoms with Crippen LogP contribution in [0.5, 0.6) is 0 Å². The molecule has 0 atom stereocenters. The van der Waals surface area contributed by atoms with Gasteiger partial charge in [0.05, 0.1) is 6.20 Å². The minimum absolute atomic E-state index is 0.302. The van der Waals surface area contributed by atoms with Gasteiger partial charge >= 0.3 is 6.03 Å². The first-order valence-electron chi connectivity index (χ1n) is 4.53. The zero-order valence-electron chi connectivity index (χ0n) is 8.47. The average Bonchev–Trinajstić information content (AvgIpc) is 2.69. The lowest BCUT2D eigenvalue weighted by Gasteiger charge is -1.97. The number of hydrogen-bond donors (Lipinski definition) is 2. The van der Waals surface area contributed by atoms with E-state index in [1.54, 1.807) is 12.1 Å². The van der Waals surface area contributed by atoms with Crippen molar-refractivity contribution in [3.8, 4) is 0 Å². The largest absolute Gasteiger partial charge is 0.341 e. The van der Waals surface area contributed by atoms with Gasteiger partial charge in [-0.2, -0.15) is 5.10 Å².